The molecule has 0 bridgehead atoms. The summed E-state index contributed by atoms with van der Waals surface area (Å²) in [5.74, 6) is -0.145. The number of aliphatic hydroxyl groups excluding tert-OH is 1. The van der Waals surface area contributed by atoms with Crippen LogP contribution in [0.2, 0.25) is 5.02 Å². The number of ether oxygens (including phenoxy) is 1. The van der Waals surface area contributed by atoms with Crippen LogP contribution < -0.4 is 0 Å². The van der Waals surface area contributed by atoms with Crippen LogP contribution in [0.3, 0.4) is 0 Å². The van der Waals surface area contributed by atoms with Crippen molar-refractivity contribution in [2.24, 2.45) is 0 Å². The maximum atomic E-state index is 12.6. The van der Waals surface area contributed by atoms with Gasteiger partial charge in [-0.15, -0.1) is 0 Å². The molecular formula is C16H19ClN2O3. The quantitative estimate of drug-likeness (QED) is 0.912. The van der Waals surface area contributed by atoms with Gasteiger partial charge in [-0.25, -0.2) is 0 Å². The third kappa shape index (κ3) is 2.60. The van der Waals surface area contributed by atoms with Crippen molar-refractivity contribution < 1.29 is 14.6 Å². The molecule has 1 saturated carbocycles. The van der Waals surface area contributed by atoms with Crippen LogP contribution in [-0.2, 0) is 4.74 Å². The molecule has 1 aromatic carbocycles. The molecular weight excluding hydrogens is 304 g/mol. The van der Waals surface area contributed by atoms with E-state index in [1.807, 2.05) is 12.1 Å². The number of rotatable bonds is 3. The van der Waals surface area contributed by atoms with E-state index >= 15 is 0 Å². The molecule has 1 heterocycles. The molecule has 1 aliphatic carbocycles. The van der Waals surface area contributed by atoms with Gasteiger partial charge in [0.1, 0.15) is 11.8 Å². The highest BCUT2D eigenvalue weighted by molar-refractivity contribution is 6.31. The summed E-state index contributed by atoms with van der Waals surface area (Å²) in [6.45, 7) is 0. The average molecular weight is 323 g/mol. The topological polar surface area (TPSA) is 65.6 Å². The van der Waals surface area contributed by atoms with Crippen molar-refractivity contribution >= 4 is 28.4 Å². The van der Waals surface area contributed by atoms with Gasteiger partial charge in [-0.2, -0.15) is 0 Å². The van der Waals surface area contributed by atoms with Gasteiger partial charge in [-0.3, -0.25) is 4.79 Å². The van der Waals surface area contributed by atoms with E-state index in [4.69, 9.17) is 16.3 Å². The molecule has 0 aliphatic heterocycles. The fraction of sp³-hybridized carbons (Fsp3) is 0.438. The maximum absolute atomic E-state index is 12.6. The fourth-order valence-corrected chi connectivity index (χ4v) is 3.34. The van der Waals surface area contributed by atoms with E-state index in [0.717, 1.165) is 23.7 Å². The zero-order valence-corrected chi connectivity index (χ0v) is 13.3. The molecule has 1 amide bonds. The average Bonchev–Trinajstić information content (AvgIpc) is 3.08. The molecule has 22 heavy (non-hydrogen) atoms. The van der Waals surface area contributed by atoms with Crippen LogP contribution >= 0.6 is 11.6 Å². The van der Waals surface area contributed by atoms with E-state index in [0.29, 0.717) is 10.7 Å². The minimum atomic E-state index is -0.655. The molecule has 5 nitrogen and oxygen atoms in total. The molecule has 1 fully saturated rings. The van der Waals surface area contributed by atoms with E-state index < -0.39 is 6.10 Å². The number of amides is 1. The highest BCUT2D eigenvalue weighted by Gasteiger charge is 2.39. The number of hydrogen-bond acceptors (Lipinski definition) is 3. The zero-order valence-electron chi connectivity index (χ0n) is 12.5. The van der Waals surface area contributed by atoms with Gasteiger partial charge in [0.2, 0.25) is 0 Å². The SMILES string of the molecule is CO[C@@H]1CC[C@@H](N(C)C(=O)c2cc3cc(Cl)ccc3[nH]2)[C@H]1O. The summed E-state index contributed by atoms with van der Waals surface area (Å²) < 4.78 is 5.24. The van der Waals surface area contributed by atoms with E-state index in [9.17, 15) is 9.90 Å². The number of benzene rings is 1. The van der Waals surface area contributed by atoms with Crippen LogP contribution in [0, 0.1) is 0 Å². The predicted octanol–water partition coefficient (Wildman–Crippen LogP) is 2.43. The largest absolute Gasteiger partial charge is 0.388 e. The number of methoxy groups -OCH3 is 1. The Morgan fingerprint density at radius 2 is 2.18 bits per heavy atom. The number of fused-ring (bicyclic) bond motifs is 1. The van der Waals surface area contributed by atoms with Crippen molar-refractivity contribution in [3.05, 3.63) is 35.0 Å². The van der Waals surface area contributed by atoms with Gasteiger partial charge in [0, 0.05) is 30.1 Å². The van der Waals surface area contributed by atoms with Crippen LogP contribution in [0.1, 0.15) is 23.3 Å². The first-order valence-electron chi connectivity index (χ1n) is 7.27. The van der Waals surface area contributed by atoms with Gasteiger partial charge in [-0.1, -0.05) is 11.6 Å². The number of aliphatic hydroxyl groups is 1. The summed E-state index contributed by atoms with van der Waals surface area (Å²) in [5.41, 5.74) is 1.36. The third-order valence-electron chi connectivity index (χ3n) is 4.46. The number of aromatic amines is 1. The number of hydrogen-bond donors (Lipinski definition) is 2. The Balaban J connectivity index is 1.83. The molecule has 118 valence electrons. The van der Waals surface area contributed by atoms with E-state index in [-0.39, 0.29) is 18.1 Å². The summed E-state index contributed by atoms with van der Waals surface area (Å²) in [6, 6.07) is 7.00. The Bertz CT molecular complexity index is 700. The van der Waals surface area contributed by atoms with Gasteiger partial charge in [0.25, 0.3) is 5.91 Å². The van der Waals surface area contributed by atoms with Crippen LogP contribution in [0.15, 0.2) is 24.3 Å². The van der Waals surface area contributed by atoms with E-state index in [2.05, 4.69) is 4.98 Å². The second-order valence-electron chi connectivity index (χ2n) is 5.74. The zero-order chi connectivity index (χ0) is 15.9. The van der Waals surface area contributed by atoms with Crippen LogP contribution in [0.4, 0.5) is 0 Å². The summed E-state index contributed by atoms with van der Waals surface area (Å²) in [7, 11) is 3.30. The van der Waals surface area contributed by atoms with Gasteiger partial charge in [-0.05, 0) is 37.1 Å². The summed E-state index contributed by atoms with van der Waals surface area (Å²) in [6.07, 6.45) is 0.621. The molecule has 0 spiro atoms. The number of likely N-dealkylation sites (N-methyl/N-ethyl adjacent to an activating group) is 1. The smallest absolute Gasteiger partial charge is 0.270 e. The lowest BCUT2D eigenvalue weighted by molar-refractivity contribution is -0.0156. The minimum absolute atomic E-state index is 0.145. The molecule has 6 heteroatoms. The number of H-pyrrole nitrogens is 1. The molecule has 3 rings (SSSR count). The lowest BCUT2D eigenvalue weighted by Gasteiger charge is -2.28. The van der Waals surface area contributed by atoms with Crippen molar-refractivity contribution in [3.63, 3.8) is 0 Å². The van der Waals surface area contributed by atoms with Crippen LogP contribution in [0.5, 0.6) is 0 Å². The number of halogens is 1. The van der Waals surface area contributed by atoms with Crippen molar-refractivity contribution in [2.45, 2.75) is 31.1 Å². The Hall–Kier alpha value is -1.56. The van der Waals surface area contributed by atoms with E-state index in [1.165, 1.54) is 0 Å². The van der Waals surface area contributed by atoms with Gasteiger partial charge >= 0.3 is 0 Å². The Morgan fingerprint density at radius 1 is 1.41 bits per heavy atom. The number of carbonyl (C=O) groups is 1. The lowest BCUT2D eigenvalue weighted by atomic mass is 10.1. The summed E-state index contributed by atoms with van der Waals surface area (Å²) in [5, 5.41) is 11.8. The van der Waals surface area contributed by atoms with Gasteiger partial charge in [0.05, 0.1) is 12.1 Å². The Morgan fingerprint density at radius 3 is 2.86 bits per heavy atom. The normalized spacial score (nSPS) is 24.8. The standard InChI is InChI=1S/C16H19ClN2O3/c1-19(13-5-6-14(22-2)15(13)20)16(21)12-8-9-7-10(17)3-4-11(9)18-12/h3-4,7-8,13-15,18,20H,5-6H2,1-2H3/t13-,14-,15-/m1/s1. The first-order valence-corrected chi connectivity index (χ1v) is 7.65. The highest BCUT2D eigenvalue weighted by atomic mass is 35.5. The van der Waals surface area contributed by atoms with Crippen molar-refractivity contribution in [1.29, 1.82) is 0 Å². The molecule has 1 aliphatic rings. The summed E-state index contributed by atoms with van der Waals surface area (Å²) in [4.78, 5) is 17.3. The monoisotopic (exact) mass is 322 g/mol. The maximum Gasteiger partial charge on any atom is 0.270 e. The number of carbonyl (C=O) groups excluding carboxylic acids is 1. The third-order valence-corrected chi connectivity index (χ3v) is 4.69. The van der Waals surface area contributed by atoms with Crippen LogP contribution in [-0.4, -0.2) is 53.3 Å². The molecule has 1 aromatic heterocycles. The van der Waals surface area contributed by atoms with E-state index in [1.54, 1.807) is 31.2 Å². The molecule has 3 atom stereocenters. The molecule has 2 N–H and O–H groups in total. The molecule has 2 aromatic rings. The number of aromatic nitrogens is 1. The van der Waals surface area contributed by atoms with Crippen molar-refractivity contribution in [1.82, 2.24) is 9.88 Å². The van der Waals surface area contributed by atoms with Crippen molar-refractivity contribution in [3.8, 4) is 0 Å². The number of nitrogens with one attached hydrogen (secondary N) is 1. The second kappa shape index (κ2) is 5.91. The van der Waals surface area contributed by atoms with Crippen LogP contribution in [0.25, 0.3) is 10.9 Å². The van der Waals surface area contributed by atoms with Gasteiger partial charge in [0.15, 0.2) is 0 Å². The predicted molar refractivity (Wildman–Crippen MR) is 85.2 cm³/mol. The lowest BCUT2D eigenvalue weighted by Crippen LogP contribution is -2.44. The summed E-state index contributed by atoms with van der Waals surface area (Å²) >= 11 is 5.97. The second-order valence-corrected chi connectivity index (χ2v) is 6.18. The Kier molecular flexibility index (Phi) is 4.12. The van der Waals surface area contributed by atoms with Crippen molar-refractivity contribution in [2.75, 3.05) is 14.2 Å². The van der Waals surface area contributed by atoms with Gasteiger partial charge < -0.3 is 19.7 Å². The first-order chi connectivity index (χ1) is 10.5. The molecule has 0 saturated heterocycles. The minimum Gasteiger partial charge on any atom is -0.388 e. The molecule has 0 unspecified atom stereocenters. The highest BCUT2D eigenvalue weighted by Crippen LogP contribution is 2.27. The molecule has 0 radical (unpaired) electrons. The first kappa shape index (κ1) is 15.3. The Labute approximate surface area is 133 Å². The number of nitrogens with zero attached hydrogens (tertiary/aromatic N) is 1. The fourth-order valence-electron chi connectivity index (χ4n) is 3.16.